The van der Waals surface area contributed by atoms with Crippen LogP contribution in [0.25, 0.3) is 10.6 Å². The van der Waals surface area contributed by atoms with Gasteiger partial charge in [0.25, 0.3) is 0 Å². The van der Waals surface area contributed by atoms with E-state index in [0.717, 1.165) is 23.5 Å². The van der Waals surface area contributed by atoms with Crippen LogP contribution in [-0.4, -0.2) is 22.8 Å². The Hall–Kier alpha value is -1.89. The highest BCUT2D eigenvalue weighted by atomic mass is 32.1. The third-order valence-electron chi connectivity index (χ3n) is 2.04. The molecule has 0 saturated carbocycles. The van der Waals surface area contributed by atoms with Crippen molar-refractivity contribution in [2.75, 3.05) is 6.61 Å². The predicted octanol–water partition coefficient (Wildman–Crippen LogP) is 2.66. The molecule has 1 aromatic carbocycles. The Morgan fingerprint density at radius 2 is 2.11 bits per heavy atom. The van der Waals surface area contributed by atoms with Gasteiger partial charge in [0.1, 0.15) is 5.01 Å². The normalized spacial score (nSPS) is 10.4. The molecule has 0 aliphatic rings. The number of carbonyl (C=O) groups excluding carboxylic acids is 1. The second-order valence-corrected chi connectivity index (χ2v) is 4.24. The fourth-order valence-electron chi connectivity index (χ4n) is 1.24. The van der Waals surface area contributed by atoms with Gasteiger partial charge < -0.3 is 4.74 Å². The largest absolute Gasteiger partial charge is 0.461 e. The van der Waals surface area contributed by atoms with E-state index < -0.39 is 17.6 Å². The SMILES string of the molecule is CCOC(=O)c1nnc(-c2ccc(F)c(F)c2)s1. The highest BCUT2D eigenvalue weighted by Crippen LogP contribution is 2.25. The van der Waals surface area contributed by atoms with E-state index in [4.69, 9.17) is 4.74 Å². The zero-order valence-electron chi connectivity index (χ0n) is 9.31. The van der Waals surface area contributed by atoms with Crippen molar-refractivity contribution >= 4 is 17.3 Å². The van der Waals surface area contributed by atoms with Crippen molar-refractivity contribution in [3.8, 4) is 10.6 Å². The number of esters is 1. The molecule has 2 rings (SSSR count). The topological polar surface area (TPSA) is 52.1 Å². The second kappa shape index (κ2) is 5.18. The molecule has 0 unspecified atom stereocenters. The highest BCUT2D eigenvalue weighted by molar-refractivity contribution is 7.16. The fraction of sp³-hybridized carbons (Fsp3) is 0.182. The number of hydrogen-bond donors (Lipinski definition) is 0. The van der Waals surface area contributed by atoms with Gasteiger partial charge in [0.2, 0.25) is 5.01 Å². The molecule has 94 valence electrons. The summed E-state index contributed by atoms with van der Waals surface area (Å²) in [6.45, 7) is 1.91. The Labute approximate surface area is 105 Å². The minimum atomic E-state index is -0.972. The molecule has 0 bridgehead atoms. The summed E-state index contributed by atoms with van der Waals surface area (Å²) < 4.78 is 30.6. The number of ether oxygens (including phenoxy) is 1. The van der Waals surface area contributed by atoms with Crippen LogP contribution in [0.15, 0.2) is 18.2 Å². The van der Waals surface area contributed by atoms with Crippen LogP contribution in [0.3, 0.4) is 0 Å². The molecule has 0 amide bonds. The van der Waals surface area contributed by atoms with Gasteiger partial charge in [-0.25, -0.2) is 13.6 Å². The lowest BCUT2D eigenvalue weighted by Gasteiger charge is -1.96. The highest BCUT2D eigenvalue weighted by Gasteiger charge is 2.15. The number of halogens is 2. The number of rotatable bonds is 3. The number of nitrogens with zero attached hydrogens (tertiary/aromatic N) is 2. The van der Waals surface area contributed by atoms with E-state index in [9.17, 15) is 13.6 Å². The second-order valence-electron chi connectivity index (χ2n) is 3.26. The van der Waals surface area contributed by atoms with Gasteiger partial charge in [-0.3, -0.25) is 0 Å². The third-order valence-corrected chi connectivity index (χ3v) is 2.99. The van der Waals surface area contributed by atoms with Crippen molar-refractivity contribution in [1.29, 1.82) is 0 Å². The van der Waals surface area contributed by atoms with E-state index in [0.29, 0.717) is 10.6 Å². The Bertz CT molecular complexity index is 586. The summed E-state index contributed by atoms with van der Waals surface area (Å²) in [5, 5.41) is 7.79. The van der Waals surface area contributed by atoms with Gasteiger partial charge in [-0.1, -0.05) is 11.3 Å². The van der Waals surface area contributed by atoms with Crippen molar-refractivity contribution in [3.05, 3.63) is 34.8 Å². The van der Waals surface area contributed by atoms with E-state index in [-0.39, 0.29) is 11.6 Å². The van der Waals surface area contributed by atoms with Gasteiger partial charge in [-0.15, -0.1) is 10.2 Å². The summed E-state index contributed by atoms with van der Waals surface area (Å²) in [6.07, 6.45) is 0. The maximum absolute atomic E-state index is 13.0. The quantitative estimate of drug-likeness (QED) is 0.805. The van der Waals surface area contributed by atoms with Gasteiger partial charge in [0.15, 0.2) is 11.6 Å². The Balaban J connectivity index is 2.29. The number of hydrogen-bond acceptors (Lipinski definition) is 5. The van der Waals surface area contributed by atoms with Crippen molar-refractivity contribution in [2.45, 2.75) is 6.92 Å². The third kappa shape index (κ3) is 2.51. The molecule has 0 saturated heterocycles. The van der Waals surface area contributed by atoms with Crippen molar-refractivity contribution < 1.29 is 18.3 Å². The van der Waals surface area contributed by atoms with Crippen LogP contribution in [0.5, 0.6) is 0 Å². The summed E-state index contributed by atoms with van der Waals surface area (Å²) in [7, 11) is 0. The summed E-state index contributed by atoms with van der Waals surface area (Å²) in [5.41, 5.74) is 0.363. The average Bonchev–Trinajstić information content (AvgIpc) is 2.82. The van der Waals surface area contributed by atoms with Gasteiger partial charge in [0, 0.05) is 5.56 Å². The summed E-state index contributed by atoms with van der Waals surface area (Å²) >= 11 is 0.963. The first-order valence-electron chi connectivity index (χ1n) is 5.08. The lowest BCUT2D eigenvalue weighted by atomic mass is 10.2. The van der Waals surface area contributed by atoms with Gasteiger partial charge in [0.05, 0.1) is 6.61 Å². The molecule has 0 atom stereocenters. The van der Waals surface area contributed by atoms with E-state index in [2.05, 4.69) is 10.2 Å². The zero-order valence-corrected chi connectivity index (χ0v) is 10.1. The molecule has 0 aliphatic carbocycles. The van der Waals surface area contributed by atoms with Gasteiger partial charge in [-0.2, -0.15) is 0 Å². The molecule has 0 N–H and O–H groups in total. The molecule has 2 aromatic rings. The molecular formula is C11H8F2N2O2S. The number of carbonyl (C=O) groups is 1. The lowest BCUT2D eigenvalue weighted by Crippen LogP contribution is -2.03. The Morgan fingerprint density at radius 3 is 2.78 bits per heavy atom. The first-order chi connectivity index (χ1) is 8.61. The van der Waals surface area contributed by atoms with Crippen LogP contribution in [0, 0.1) is 11.6 Å². The van der Waals surface area contributed by atoms with Crippen LogP contribution in [0.2, 0.25) is 0 Å². The van der Waals surface area contributed by atoms with Crippen LogP contribution < -0.4 is 0 Å². The minimum absolute atomic E-state index is 0.0802. The Kier molecular flexibility index (Phi) is 3.61. The first kappa shape index (κ1) is 12.6. The minimum Gasteiger partial charge on any atom is -0.461 e. The van der Waals surface area contributed by atoms with Crippen molar-refractivity contribution in [1.82, 2.24) is 10.2 Å². The lowest BCUT2D eigenvalue weighted by molar-refractivity contribution is 0.0525. The first-order valence-corrected chi connectivity index (χ1v) is 5.89. The van der Waals surface area contributed by atoms with Gasteiger partial charge in [-0.05, 0) is 25.1 Å². The monoisotopic (exact) mass is 270 g/mol. The molecule has 1 heterocycles. The molecule has 0 fully saturated rings. The molecule has 18 heavy (non-hydrogen) atoms. The predicted molar refractivity (Wildman–Crippen MR) is 61.2 cm³/mol. The number of benzene rings is 1. The summed E-state index contributed by atoms with van der Waals surface area (Å²) in [4.78, 5) is 11.4. The molecule has 1 aromatic heterocycles. The van der Waals surface area contributed by atoms with Crippen LogP contribution in [0.1, 0.15) is 16.7 Å². The molecule has 7 heteroatoms. The smallest absolute Gasteiger partial charge is 0.369 e. The molecule has 4 nitrogen and oxygen atoms in total. The summed E-state index contributed by atoms with van der Waals surface area (Å²) in [5.74, 6) is -2.49. The molecule has 0 aliphatic heterocycles. The van der Waals surface area contributed by atoms with Crippen molar-refractivity contribution in [2.24, 2.45) is 0 Å². The maximum atomic E-state index is 13.0. The maximum Gasteiger partial charge on any atom is 0.369 e. The molecular weight excluding hydrogens is 262 g/mol. The fourth-order valence-corrected chi connectivity index (χ4v) is 1.98. The average molecular weight is 270 g/mol. The summed E-state index contributed by atoms with van der Waals surface area (Å²) in [6, 6.07) is 3.37. The van der Waals surface area contributed by atoms with Crippen molar-refractivity contribution in [3.63, 3.8) is 0 Å². The Morgan fingerprint density at radius 1 is 1.33 bits per heavy atom. The molecule has 0 spiro atoms. The van der Waals surface area contributed by atoms with Crippen LogP contribution in [-0.2, 0) is 4.74 Å². The van der Waals surface area contributed by atoms with E-state index in [1.54, 1.807) is 6.92 Å². The molecule has 0 radical (unpaired) electrons. The van der Waals surface area contributed by atoms with E-state index >= 15 is 0 Å². The number of aromatic nitrogens is 2. The van der Waals surface area contributed by atoms with Gasteiger partial charge >= 0.3 is 5.97 Å². The van der Waals surface area contributed by atoms with E-state index in [1.165, 1.54) is 6.07 Å². The zero-order chi connectivity index (χ0) is 13.1. The van der Waals surface area contributed by atoms with Crippen LogP contribution >= 0.6 is 11.3 Å². The van der Waals surface area contributed by atoms with E-state index in [1.807, 2.05) is 0 Å². The standard InChI is InChI=1S/C11H8F2N2O2S/c1-2-17-11(16)10-15-14-9(18-10)6-3-4-7(12)8(13)5-6/h3-5H,2H2,1H3. The van der Waals surface area contributed by atoms with Crippen LogP contribution in [0.4, 0.5) is 8.78 Å².